The van der Waals surface area contributed by atoms with Gasteiger partial charge in [0.15, 0.2) is 5.60 Å². The van der Waals surface area contributed by atoms with E-state index in [9.17, 15) is 24.6 Å². The Kier molecular flexibility index (Phi) is 6.22. The molecule has 12 nitrogen and oxygen atoms in total. The molecule has 3 N–H and O–H groups in total. The van der Waals surface area contributed by atoms with Crippen molar-refractivity contribution in [1.29, 1.82) is 0 Å². The number of cyclic esters (lactones) is 1. The lowest BCUT2D eigenvalue weighted by molar-refractivity contribution is -0.172. The number of amides is 1. The van der Waals surface area contributed by atoms with Crippen molar-refractivity contribution in [1.82, 2.24) is 29.9 Å². The molecule has 4 aromatic rings. The molecule has 0 saturated carbocycles. The quantitative estimate of drug-likeness (QED) is 0.249. The van der Waals surface area contributed by atoms with Gasteiger partial charge >= 0.3 is 5.97 Å². The molecule has 1 amide bonds. The minimum Gasteiger partial charge on any atom is -0.458 e. The second-order valence-corrected chi connectivity index (χ2v) is 11.3. The number of aryl methyl sites for hydroxylation is 1. The number of halogens is 1. The van der Waals surface area contributed by atoms with Gasteiger partial charge in [-0.25, -0.2) is 18.9 Å². The summed E-state index contributed by atoms with van der Waals surface area (Å²) >= 11 is 0. The molecule has 13 heteroatoms. The number of nitrogens with zero attached hydrogens (tertiary/aromatic N) is 5. The number of aromatic nitrogens is 5. The molecule has 0 unspecified atom stereocenters. The third-order valence-corrected chi connectivity index (χ3v) is 9.06. The zero-order valence-electron chi connectivity index (χ0n) is 23.6. The van der Waals surface area contributed by atoms with Crippen LogP contribution in [0.2, 0.25) is 0 Å². The summed E-state index contributed by atoms with van der Waals surface area (Å²) in [6.45, 7) is 3.34. The van der Waals surface area contributed by atoms with E-state index in [0.29, 0.717) is 41.0 Å². The van der Waals surface area contributed by atoms with Crippen molar-refractivity contribution in [2.24, 2.45) is 0 Å². The Morgan fingerprint density at radius 3 is 2.84 bits per heavy atom. The van der Waals surface area contributed by atoms with Gasteiger partial charge in [0.2, 0.25) is 5.91 Å². The van der Waals surface area contributed by atoms with Gasteiger partial charge in [-0.05, 0) is 48.9 Å². The lowest BCUT2D eigenvalue weighted by Crippen LogP contribution is -2.44. The molecule has 7 rings (SSSR count). The number of hydrogen-bond acceptors (Lipinski definition) is 9. The Balaban J connectivity index is 1.38. The number of pyridine rings is 2. The molecule has 2 aliphatic heterocycles. The monoisotopic (exact) mass is 588 g/mol. The molecule has 43 heavy (non-hydrogen) atoms. The molecule has 0 saturated heterocycles. The van der Waals surface area contributed by atoms with Gasteiger partial charge in [0, 0.05) is 22.6 Å². The van der Waals surface area contributed by atoms with Crippen LogP contribution in [0.5, 0.6) is 0 Å². The number of aliphatic hydroxyl groups excluding tert-OH is 1. The number of fused-ring (bicyclic) bond motifs is 5. The molecule has 0 bridgehead atoms. The first-order valence-electron chi connectivity index (χ1n) is 14.3. The summed E-state index contributed by atoms with van der Waals surface area (Å²) in [6.07, 6.45) is 2.51. The highest BCUT2D eigenvalue weighted by Crippen LogP contribution is 2.45. The van der Waals surface area contributed by atoms with E-state index in [2.05, 4.69) is 15.6 Å². The van der Waals surface area contributed by atoms with Crippen LogP contribution in [0.25, 0.3) is 22.3 Å². The molecular formula is C30H29FN6O6. The third-order valence-electron chi connectivity index (χ3n) is 9.06. The zero-order chi connectivity index (χ0) is 30.2. The van der Waals surface area contributed by atoms with Crippen LogP contribution in [0, 0.1) is 12.7 Å². The van der Waals surface area contributed by atoms with E-state index in [-0.39, 0.29) is 56.2 Å². The van der Waals surface area contributed by atoms with Gasteiger partial charge in [-0.1, -0.05) is 12.1 Å². The minimum atomic E-state index is -1.97. The van der Waals surface area contributed by atoms with Gasteiger partial charge in [0.1, 0.15) is 12.4 Å². The lowest BCUT2D eigenvalue weighted by Gasteiger charge is -2.31. The fourth-order valence-electron chi connectivity index (χ4n) is 6.81. The van der Waals surface area contributed by atoms with Crippen LogP contribution in [0.1, 0.15) is 64.9 Å². The average molecular weight is 589 g/mol. The predicted octanol–water partition coefficient (Wildman–Crippen LogP) is 1.46. The van der Waals surface area contributed by atoms with Gasteiger partial charge in [-0.2, -0.15) is 0 Å². The van der Waals surface area contributed by atoms with Crippen LogP contribution in [-0.2, 0) is 52.5 Å². The molecule has 222 valence electrons. The second-order valence-electron chi connectivity index (χ2n) is 11.3. The maximum atomic E-state index is 15.1. The fourth-order valence-corrected chi connectivity index (χ4v) is 6.81. The summed E-state index contributed by atoms with van der Waals surface area (Å²) < 4.78 is 23.3. The van der Waals surface area contributed by atoms with Crippen LogP contribution in [0.3, 0.4) is 0 Å². The third kappa shape index (κ3) is 3.94. The number of carbonyl (C=O) groups is 2. The standard InChI is InChI=1S/C30H29FN6O6/c1-3-30(42)19-9-23-27-17(12-36(23)28(40)18(19)13-43-29(30)41)26-21(33-24(39)8-15-11-32-35-37(15)6-7-38)5-4-16-14(2)20(31)10-22(34-27)25(16)26/h9-11,21,38,42H,3-8,12-13H2,1-2H3,(H,33,39)/t21-,30-/m0/s1. The van der Waals surface area contributed by atoms with Gasteiger partial charge in [0.05, 0.1) is 66.5 Å². The van der Waals surface area contributed by atoms with E-state index in [0.717, 1.165) is 22.1 Å². The van der Waals surface area contributed by atoms with Crippen LogP contribution < -0.4 is 10.9 Å². The van der Waals surface area contributed by atoms with Crippen molar-refractivity contribution in [3.63, 3.8) is 0 Å². The molecule has 1 aromatic carbocycles. The highest BCUT2D eigenvalue weighted by atomic mass is 19.1. The molecule has 2 atom stereocenters. The van der Waals surface area contributed by atoms with Crippen molar-refractivity contribution in [3.05, 3.63) is 73.6 Å². The zero-order valence-corrected chi connectivity index (χ0v) is 23.6. The first-order chi connectivity index (χ1) is 20.7. The van der Waals surface area contributed by atoms with Crippen molar-refractivity contribution < 1.29 is 28.9 Å². The summed E-state index contributed by atoms with van der Waals surface area (Å²) in [6, 6.07) is 2.54. The number of rotatable bonds is 6. The summed E-state index contributed by atoms with van der Waals surface area (Å²) in [5.74, 6) is -1.48. The largest absolute Gasteiger partial charge is 0.458 e. The molecular weight excluding hydrogens is 559 g/mol. The number of hydrogen-bond donors (Lipinski definition) is 3. The number of aliphatic hydroxyl groups is 2. The topological polar surface area (TPSA) is 161 Å². The highest BCUT2D eigenvalue weighted by molar-refractivity contribution is 5.94. The van der Waals surface area contributed by atoms with E-state index >= 15 is 4.39 Å². The number of nitrogens with one attached hydrogen (secondary N) is 1. The SMILES string of the molecule is CC[C@@]1(O)C(=O)OCc2c1cc1n(c2=O)Cc2c-1nc1cc(F)c(C)c3c1c2[C@@H](NC(=O)Cc1cnnn1CCO)CC3. The van der Waals surface area contributed by atoms with Gasteiger partial charge < -0.3 is 24.8 Å². The summed E-state index contributed by atoms with van der Waals surface area (Å²) in [5.41, 5.74) is 2.68. The maximum absolute atomic E-state index is 15.1. The van der Waals surface area contributed by atoms with E-state index in [1.54, 1.807) is 19.9 Å². The molecule has 3 aliphatic rings. The Bertz CT molecular complexity index is 1930. The van der Waals surface area contributed by atoms with Gasteiger partial charge in [-0.3, -0.25) is 9.59 Å². The molecule has 0 radical (unpaired) electrons. The molecule has 5 heterocycles. The summed E-state index contributed by atoms with van der Waals surface area (Å²) in [4.78, 5) is 44.5. The van der Waals surface area contributed by atoms with E-state index in [1.807, 2.05) is 0 Å². The first-order valence-corrected chi connectivity index (χ1v) is 14.3. The number of benzene rings is 1. The smallest absolute Gasteiger partial charge is 0.343 e. The van der Waals surface area contributed by atoms with Crippen LogP contribution >= 0.6 is 0 Å². The van der Waals surface area contributed by atoms with E-state index in [1.165, 1.54) is 21.5 Å². The van der Waals surface area contributed by atoms with Crippen LogP contribution in [0.4, 0.5) is 4.39 Å². The van der Waals surface area contributed by atoms with Crippen molar-refractivity contribution in [2.75, 3.05) is 6.61 Å². The van der Waals surface area contributed by atoms with E-state index in [4.69, 9.17) is 9.72 Å². The number of esters is 1. The van der Waals surface area contributed by atoms with Crippen molar-refractivity contribution in [3.8, 4) is 11.4 Å². The highest BCUT2D eigenvalue weighted by Gasteiger charge is 2.46. The Labute approximate surface area is 244 Å². The lowest BCUT2D eigenvalue weighted by atomic mass is 9.81. The number of carbonyl (C=O) groups excluding carboxylic acids is 2. The Morgan fingerprint density at radius 2 is 2.07 bits per heavy atom. The predicted molar refractivity (Wildman–Crippen MR) is 149 cm³/mol. The minimum absolute atomic E-state index is 0.00868. The van der Waals surface area contributed by atoms with Crippen molar-refractivity contribution in [2.45, 2.75) is 70.9 Å². The molecule has 3 aromatic heterocycles. The summed E-state index contributed by atoms with van der Waals surface area (Å²) in [5, 5.41) is 32.2. The van der Waals surface area contributed by atoms with E-state index < -0.39 is 29.0 Å². The average Bonchev–Trinajstić information content (AvgIpc) is 3.58. The Morgan fingerprint density at radius 1 is 1.26 bits per heavy atom. The maximum Gasteiger partial charge on any atom is 0.343 e. The van der Waals surface area contributed by atoms with Crippen LogP contribution in [-0.4, -0.2) is 53.2 Å². The van der Waals surface area contributed by atoms with Gasteiger partial charge in [0.25, 0.3) is 5.56 Å². The summed E-state index contributed by atoms with van der Waals surface area (Å²) in [7, 11) is 0. The molecule has 0 spiro atoms. The molecule has 0 fully saturated rings. The fraction of sp³-hybridized carbons (Fsp3) is 0.400. The second kappa shape index (κ2) is 9.78. The van der Waals surface area contributed by atoms with Gasteiger partial charge in [-0.15, -0.1) is 5.10 Å². The Hall–Kier alpha value is -4.49. The molecule has 1 aliphatic carbocycles. The van der Waals surface area contributed by atoms with Crippen LogP contribution in [0.15, 0.2) is 23.1 Å². The first kappa shape index (κ1) is 27.3. The van der Waals surface area contributed by atoms with Crippen molar-refractivity contribution >= 4 is 22.8 Å². The normalized spacial score (nSPS) is 20.0. The number of ether oxygens (including phenoxy) is 1.